The largest absolute Gasteiger partial charge is 0.507 e. The van der Waals surface area contributed by atoms with Crippen LogP contribution in [0.2, 0.25) is 0 Å². The monoisotopic (exact) mass is 526 g/mol. The molecule has 1 N–H and O–H groups in total. The Morgan fingerprint density at radius 2 is 1.92 bits per heavy atom. The van der Waals surface area contributed by atoms with Gasteiger partial charge in [0.15, 0.2) is 17.7 Å². The Hall–Kier alpha value is -3.55. The minimum atomic E-state index is -0.721. The maximum atomic E-state index is 12.7. The number of Topliss-reactive ketones (excluding diaryl/α,β-unsaturated/α-hetero) is 2. The molecular formula is C30H38O8. The van der Waals surface area contributed by atoms with E-state index in [1.54, 1.807) is 37.3 Å². The van der Waals surface area contributed by atoms with Gasteiger partial charge in [0.25, 0.3) is 0 Å². The van der Waals surface area contributed by atoms with Crippen LogP contribution in [-0.2, 0) is 16.0 Å². The second-order valence-electron chi connectivity index (χ2n) is 9.38. The molecule has 1 aliphatic heterocycles. The lowest BCUT2D eigenvalue weighted by Gasteiger charge is -2.26. The highest BCUT2D eigenvalue weighted by atomic mass is 16.6. The Balaban J connectivity index is 1.54. The SMILES string of the molecule is CCCc1c(OCCCCC2CC(=O)c3ccc(OC(CC)C(=O)OCC)cc3O2)ccc(C(C)=O)c1O. The van der Waals surface area contributed by atoms with Crippen molar-refractivity contribution < 1.29 is 38.4 Å². The molecule has 0 aromatic heterocycles. The predicted molar refractivity (Wildman–Crippen MR) is 143 cm³/mol. The van der Waals surface area contributed by atoms with E-state index >= 15 is 0 Å². The molecule has 0 aliphatic carbocycles. The van der Waals surface area contributed by atoms with Gasteiger partial charge < -0.3 is 24.1 Å². The molecule has 0 fully saturated rings. The van der Waals surface area contributed by atoms with Crippen LogP contribution in [-0.4, -0.2) is 48.1 Å². The molecule has 1 heterocycles. The molecule has 0 radical (unpaired) electrons. The van der Waals surface area contributed by atoms with Crippen molar-refractivity contribution in [2.24, 2.45) is 0 Å². The topological polar surface area (TPSA) is 108 Å². The molecule has 2 atom stereocenters. The van der Waals surface area contributed by atoms with E-state index in [1.807, 2.05) is 13.8 Å². The standard InChI is InChI=1S/C30H38O8/c1-5-10-24-27(15-14-22(19(4)31)29(24)33)36-16-9-8-11-20-17-25(32)23-13-12-21(18-28(23)38-20)37-26(6-2)30(34)35-7-3/h12-15,18,20,26,33H,5-11,16-17H2,1-4H3. The lowest BCUT2D eigenvalue weighted by molar-refractivity contribution is -0.151. The third kappa shape index (κ3) is 7.27. The number of fused-ring (bicyclic) bond motifs is 1. The van der Waals surface area contributed by atoms with E-state index in [9.17, 15) is 19.5 Å². The van der Waals surface area contributed by atoms with E-state index in [4.69, 9.17) is 18.9 Å². The number of esters is 1. The zero-order chi connectivity index (χ0) is 27.7. The molecule has 0 saturated heterocycles. The zero-order valence-corrected chi connectivity index (χ0v) is 22.7. The third-order valence-corrected chi connectivity index (χ3v) is 6.46. The van der Waals surface area contributed by atoms with E-state index in [-0.39, 0.29) is 30.0 Å². The summed E-state index contributed by atoms with van der Waals surface area (Å²) in [6, 6.07) is 8.35. The number of phenolic OH excluding ortho intramolecular Hbond substituents is 1. The minimum absolute atomic E-state index is 0.000459. The van der Waals surface area contributed by atoms with Crippen LogP contribution in [0.3, 0.4) is 0 Å². The van der Waals surface area contributed by atoms with Crippen molar-refractivity contribution in [1.82, 2.24) is 0 Å². The first-order valence-electron chi connectivity index (χ1n) is 13.4. The number of hydrogen-bond donors (Lipinski definition) is 1. The number of carbonyl (C=O) groups is 3. The fourth-order valence-electron chi connectivity index (χ4n) is 4.49. The number of unbranched alkanes of at least 4 members (excludes halogenated alkanes) is 1. The average Bonchev–Trinajstić information content (AvgIpc) is 2.88. The first-order chi connectivity index (χ1) is 18.3. The second-order valence-corrected chi connectivity index (χ2v) is 9.38. The average molecular weight is 527 g/mol. The van der Waals surface area contributed by atoms with Gasteiger partial charge in [0.05, 0.1) is 24.3 Å². The van der Waals surface area contributed by atoms with Crippen molar-refractivity contribution in [1.29, 1.82) is 0 Å². The van der Waals surface area contributed by atoms with Crippen molar-refractivity contribution in [3.63, 3.8) is 0 Å². The first kappa shape index (κ1) is 29.0. The molecule has 2 unspecified atom stereocenters. The summed E-state index contributed by atoms with van der Waals surface area (Å²) in [5, 5.41) is 10.5. The molecule has 3 rings (SSSR count). The van der Waals surface area contributed by atoms with E-state index in [0.29, 0.717) is 66.2 Å². The summed E-state index contributed by atoms with van der Waals surface area (Å²) in [4.78, 5) is 36.5. The lowest BCUT2D eigenvalue weighted by Crippen LogP contribution is -2.29. The fourth-order valence-corrected chi connectivity index (χ4v) is 4.49. The fraction of sp³-hybridized carbons (Fsp3) is 0.500. The molecule has 8 heteroatoms. The highest BCUT2D eigenvalue weighted by Gasteiger charge is 2.28. The molecule has 1 aliphatic rings. The number of phenols is 1. The van der Waals surface area contributed by atoms with E-state index < -0.39 is 12.1 Å². The van der Waals surface area contributed by atoms with Crippen LogP contribution in [0.5, 0.6) is 23.0 Å². The third-order valence-electron chi connectivity index (χ3n) is 6.46. The summed E-state index contributed by atoms with van der Waals surface area (Å²) >= 11 is 0. The Kier molecular flexibility index (Phi) is 10.6. The maximum absolute atomic E-state index is 12.7. The van der Waals surface area contributed by atoms with E-state index in [1.165, 1.54) is 6.92 Å². The summed E-state index contributed by atoms with van der Waals surface area (Å²) in [5.74, 6) is 0.918. The van der Waals surface area contributed by atoms with Crippen molar-refractivity contribution in [3.8, 4) is 23.0 Å². The normalized spacial score (nSPS) is 15.3. The molecule has 8 nitrogen and oxygen atoms in total. The number of benzene rings is 2. The predicted octanol–water partition coefficient (Wildman–Crippen LogP) is 5.85. The Labute approximate surface area is 224 Å². The Morgan fingerprint density at radius 1 is 1.13 bits per heavy atom. The van der Waals surface area contributed by atoms with Gasteiger partial charge in [0.2, 0.25) is 0 Å². The van der Waals surface area contributed by atoms with Gasteiger partial charge in [-0.3, -0.25) is 9.59 Å². The summed E-state index contributed by atoms with van der Waals surface area (Å²) in [5.41, 5.74) is 1.47. The number of aromatic hydroxyl groups is 1. The van der Waals surface area contributed by atoms with Crippen LogP contribution in [0, 0.1) is 0 Å². The van der Waals surface area contributed by atoms with Crippen LogP contribution < -0.4 is 14.2 Å². The van der Waals surface area contributed by atoms with Crippen LogP contribution >= 0.6 is 0 Å². The molecule has 206 valence electrons. The molecule has 0 bridgehead atoms. The van der Waals surface area contributed by atoms with Crippen molar-refractivity contribution >= 4 is 17.5 Å². The summed E-state index contributed by atoms with van der Waals surface area (Å²) in [6.07, 6.45) is 3.41. The summed E-state index contributed by atoms with van der Waals surface area (Å²) in [7, 11) is 0. The number of ketones is 2. The number of rotatable bonds is 14. The zero-order valence-electron chi connectivity index (χ0n) is 22.7. The lowest BCUT2D eigenvalue weighted by atomic mass is 9.97. The summed E-state index contributed by atoms with van der Waals surface area (Å²) in [6.45, 7) is 7.75. The molecular weight excluding hydrogens is 488 g/mol. The van der Waals surface area contributed by atoms with Crippen LogP contribution in [0.25, 0.3) is 0 Å². The minimum Gasteiger partial charge on any atom is -0.507 e. The highest BCUT2D eigenvalue weighted by molar-refractivity contribution is 6.00. The van der Waals surface area contributed by atoms with Gasteiger partial charge >= 0.3 is 5.97 Å². The number of carbonyl (C=O) groups excluding carboxylic acids is 3. The van der Waals surface area contributed by atoms with Crippen LogP contribution in [0.15, 0.2) is 30.3 Å². The maximum Gasteiger partial charge on any atom is 0.347 e. The van der Waals surface area contributed by atoms with Gasteiger partial charge in [-0.15, -0.1) is 0 Å². The van der Waals surface area contributed by atoms with E-state index in [0.717, 1.165) is 19.3 Å². The van der Waals surface area contributed by atoms with Crippen LogP contribution in [0.4, 0.5) is 0 Å². The molecule has 38 heavy (non-hydrogen) atoms. The Bertz CT molecular complexity index is 1140. The Morgan fingerprint density at radius 3 is 2.61 bits per heavy atom. The van der Waals surface area contributed by atoms with Crippen LogP contribution in [0.1, 0.15) is 92.5 Å². The van der Waals surface area contributed by atoms with Crippen molar-refractivity contribution in [2.45, 2.75) is 84.8 Å². The molecule has 0 amide bonds. The highest BCUT2D eigenvalue weighted by Crippen LogP contribution is 2.34. The van der Waals surface area contributed by atoms with Gasteiger partial charge in [0, 0.05) is 18.1 Å². The second kappa shape index (κ2) is 13.8. The first-order valence-corrected chi connectivity index (χ1v) is 13.4. The van der Waals surface area contributed by atoms with Gasteiger partial charge in [-0.25, -0.2) is 4.79 Å². The summed E-state index contributed by atoms with van der Waals surface area (Å²) < 4.78 is 22.9. The van der Waals surface area contributed by atoms with Crippen molar-refractivity contribution in [2.75, 3.05) is 13.2 Å². The molecule has 0 spiro atoms. The molecule has 2 aromatic carbocycles. The quantitative estimate of drug-likeness (QED) is 0.185. The number of ether oxygens (including phenoxy) is 4. The van der Waals surface area contributed by atoms with Gasteiger partial charge in [-0.05, 0) is 70.2 Å². The van der Waals surface area contributed by atoms with Gasteiger partial charge in [0.1, 0.15) is 29.1 Å². The molecule has 2 aromatic rings. The van der Waals surface area contributed by atoms with Gasteiger partial charge in [-0.2, -0.15) is 0 Å². The van der Waals surface area contributed by atoms with E-state index in [2.05, 4.69) is 0 Å². The van der Waals surface area contributed by atoms with Gasteiger partial charge in [-0.1, -0.05) is 20.3 Å². The van der Waals surface area contributed by atoms with Crippen molar-refractivity contribution in [3.05, 3.63) is 47.0 Å². The smallest absolute Gasteiger partial charge is 0.347 e. The number of hydrogen-bond acceptors (Lipinski definition) is 8. The molecule has 0 saturated carbocycles.